The van der Waals surface area contributed by atoms with Gasteiger partial charge in [0.05, 0.1) is 11.3 Å². The van der Waals surface area contributed by atoms with Gasteiger partial charge >= 0.3 is 0 Å². The van der Waals surface area contributed by atoms with E-state index in [1.807, 2.05) is 47.8 Å². The van der Waals surface area contributed by atoms with Crippen molar-refractivity contribution in [3.63, 3.8) is 0 Å². The molecule has 3 heterocycles. The van der Waals surface area contributed by atoms with E-state index in [9.17, 15) is 4.79 Å². The summed E-state index contributed by atoms with van der Waals surface area (Å²) in [6.45, 7) is 0. The van der Waals surface area contributed by atoms with Crippen LogP contribution in [-0.4, -0.2) is 22.0 Å². The fourth-order valence-corrected chi connectivity index (χ4v) is 2.85. The van der Waals surface area contributed by atoms with Crippen LogP contribution in [0.25, 0.3) is 16.6 Å². The predicted octanol–water partition coefficient (Wildman–Crippen LogP) is 1.64. The van der Waals surface area contributed by atoms with Crippen molar-refractivity contribution in [1.29, 1.82) is 0 Å². The molecule has 5 nitrogen and oxygen atoms in total. The molecule has 1 aromatic carbocycles. The summed E-state index contributed by atoms with van der Waals surface area (Å²) in [5, 5.41) is 4.51. The normalized spacial score (nSPS) is 20.0. The van der Waals surface area contributed by atoms with Crippen molar-refractivity contribution in [3.05, 3.63) is 66.2 Å². The average Bonchev–Trinajstić information content (AvgIpc) is 3.09. The van der Waals surface area contributed by atoms with Gasteiger partial charge in [-0.05, 0) is 18.2 Å². The van der Waals surface area contributed by atoms with Crippen LogP contribution in [0.3, 0.4) is 0 Å². The number of allylic oxidation sites excluding steroid dienone is 2. The van der Waals surface area contributed by atoms with E-state index in [4.69, 9.17) is 5.73 Å². The minimum atomic E-state index is -0.407. The Labute approximate surface area is 121 Å². The Balaban J connectivity index is 1.75. The quantitative estimate of drug-likeness (QED) is 0.781. The molecule has 1 atom stereocenters. The molecule has 1 unspecified atom stereocenters. The number of carbonyl (C=O) groups is 1. The Morgan fingerprint density at radius 2 is 2.14 bits per heavy atom. The van der Waals surface area contributed by atoms with Crippen molar-refractivity contribution < 1.29 is 4.79 Å². The number of fused-ring (bicyclic) bond motifs is 2. The van der Waals surface area contributed by atoms with Crippen LogP contribution in [-0.2, 0) is 4.79 Å². The van der Waals surface area contributed by atoms with Crippen LogP contribution >= 0.6 is 0 Å². The molecule has 0 aliphatic carbocycles. The molecular formula is C16H14N4O. The molecule has 0 bridgehead atoms. The Morgan fingerprint density at radius 1 is 1.29 bits per heavy atom. The highest BCUT2D eigenvalue weighted by atomic mass is 16.1. The Hall–Kier alpha value is -2.95. The van der Waals surface area contributed by atoms with Crippen LogP contribution < -0.4 is 11.1 Å². The van der Waals surface area contributed by atoms with Gasteiger partial charge in [0.1, 0.15) is 6.17 Å². The maximum atomic E-state index is 11.5. The monoisotopic (exact) mass is 278 g/mol. The van der Waals surface area contributed by atoms with Crippen molar-refractivity contribution in [1.82, 2.24) is 15.2 Å². The highest BCUT2D eigenvalue weighted by Crippen LogP contribution is 2.30. The molecule has 1 amide bonds. The fraction of sp³-hybridized carbons (Fsp3) is 0.0625. The van der Waals surface area contributed by atoms with Crippen molar-refractivity contribution >= 4 is 22.5 Å². The molecule has 0 radical (unpaired) electrons. The van der Waals surface area contributed by atoms with E-state index in [1.165, 1.54) is 0 Å². The van der Waals surface area contributed by atoms with Crippen molar-refractivity contribution in [2.45, 2.75) is 6.17 Å². The fourth-order valence-electron chi connectivity index (χ4n) is 2.85. The molecule has 0 spiro atoms. The molecule has 0 saturated carbocycles. The van der Waals surface area contributed by atoms with Gasteiger partial charge in [-0.3, -0.25) is 4.79 Å². The number of primary amides is 1. The number of hydrogen-bond acceptors (Lipinski definition) is 3. The summed E-state index contributed by atoms with van der Waals surface area (Å²) in [7, 11) is 0. The number of hydrogen-bond donors (Lipinski definition) is 3. The Morgan fingerprint density at radius 3 is 3.00 bits per heavy atom. The first-order valence-corrected chi connectivity index (χ1v) is 6.74. The molecule has 4 N–H and O–H groups in total. The zero-order valence-electron chi connectivity index (χ0n) is 11.2. The molecule has 2 aromatic rings. The lowest BCUT2D eigenvalue weighted by Crippen LogP contribution is -2.40. The van der Waals surface area contributed by atoms with Gasteiger partial charge in [0, 0.05) is 35.1 Å². The summed E-state index contributed by atoms with van der Waals surface area (Å²) >= 11 is 0. The summed E-state index contributed by atoms with van der Waals surface area (Å²) in [6, 6.07) is 8.12. The number of aromatic nitrogens is 1. The molecule has 0 saturated heterocycles. The highest BCUT2D eigenvalue weighted by Gasteiger charge is 2.31. The second-order valence-corrected chi connectivity index (χ2v) is 5.11. The largest absolute Gasteiger partial charge is 0.366 e. The second-order valence-electron chi connectivity index (χ2n) is 5.11. The third-order valence-electron chi connectivity index (χ3n) is 3.86. The summed E-state index contributed by atoms with van der Waals surface area (Å²) in [4.78, 5) is 16.7. The van der Waals surface area contributed by atoms with Gasteiger partial charge < -0.3 is 20.9 Å². The standard InChI is InChI=1S/C16H14N4O/c17-15(21)11-5-3-7-20-9-14(19-16(11)20)12-8-18-13-6-2-1-4-10(12)13/h1-9,16,18-19H,(H2,17,21). The van der Waals surface area contributed by atoms with E-state index >= 15 is 0 Å². The molecule has 4 rings (SSSR count). The second kappa shape index (κ2) is 4.28. The van der Waals surface area contributed by atoms with E-state index < -0.39 is 5.91 Å². The van der Waals surface area contributed by atoms with Gasteiger partial charge in [-0.2, -0.15) is 0 Å². The number of nitrogens with two attached hydrogens (primary N) is 1. The van der Waals surface area contributed by atoms with E-state index in [0.717, 1.165) is 22.2 Å². The Bertz CT molecular complexity index is 828. The number of amides is 1. The number of nitrogens with zero attached hydrogens (tertiary/aromatic N) is 1. The van der Waals surface area contributed by atoms with Gasteiger partial charge in [0.2, 0.25) is 5.91 Å². The number of H-pyrrole nitrogens is 1. The topological polar surface area (TPSA) is 74.2 Å². The molecule has 104 valence electrons. The van der Waals surface area contributed by atoms with Crippen LogP contribution in [0.1, 0.15) is 5.56 Å². The highest BCUT2D eigenvalue weighted by molar-refractivity contribution is 5.96. The van der Waals surface area contributed by atoms with Crippen molar-refractivity contribution in [2.24, 2.45) is 5.73 Å². The molecule has 2 aliphatic heterocycles. The molecular weight excluding hydrogens is 264 g/mol. The number of nitrogens with one attached hydrogen (secondary N) is 2. The number of carbonyl (C=O) groups excluding carboxylic acids is 1. The van der Waals surface area contributed by atoms with E-state index in [1.54, 1.807) is 6.08 Å². The average molecular weight is 278 g/mol. The third kappa shape index (κ3) is 1.74. The van der Waals surface area contributed by atoms with Gasteiger partial charge in [-0.25, -0.2) is 0 Å². The van der Waals surface area contributed by atoms with Gasteiger partial charge in [-0.1, -0.05) is 18.2 Å². The smallest absolute Gasteiger partial charge is 0.248 e. The minimum absolute atomic E-state index is 0.226. The molecule has 0 fully saturated rings. The molecule has 1 aromatic heterocycles. The summed E-state index contributed by atoms with van der Waals surface area (Å²) in [6.07, 6.45) is 9.24. The van der Waals surface area contributed by atoms with Crippen molar-refractivity contribution in [2.75, 3.05) is 0 Å². The third-order valence-corrected chi connectivity index (χ3v) is 3.86. The molecule has 5 heteroatoms. The number of rotatable bonds is 2. The number of aromatic amines is 1. The maximum Gasteiger partial charge on any atom is 0.248 e. The number of benzene rings is 1. The van der Waals surface area contributed by atoms with Crippen LogP contribution in [0.15, 0.2) is 60.6 Å². The van der Waals surface area contributed by atoms with Crippen molar-refractivity contribution in [3.8, 4) is 0 Å². The predicted molar refractivity (Wildman–Crippen MR) is 81.5 cm³/mol. The van der Waals surface area contributed by atoms with Crippen LogP contribution in [0.5, 0.6) is 0 Å². The van der Waals surface area contributed by atoms with Crippen LogP contribution in [0, 0.1) is 0 Å². The van der Waals surface area contributed by atoms with Gasteiger partial charge in [0.25, 0.3) is 0 Å². The van der Waals surface area contributed by atoms with Crippen LogP contribution in [0.4, 0.5) is 0 Å². The van der Waals surface area contributed by atoms with Gasteiger partial charge in [-0.15, -0.1) is 0 Å². The molecule has 2 aliphatic rings. The van der Waals surface area contributed by atoms with E-state index in [0.29, 0.717) is 5.57 Å². The lowest BCUT2D eigenvalue weighted by atomic mass is 10.1. The minimum Gasteiger partial charge on any atom is -0.366 e. The zero-order valence-corrected chi connectivity index (χ0v) is 11.2. The molecule has 21 heavy (non-hydrogen) atoms. The Kier molecular flexibility index (Phi) is 2.41. The lowest BCUT2D eigenvalue weighted by molar-refractivity contribution is -0.115. The zero-order chi connectivity index (χ0) is 14.4. The van der Waals surface area contributed by atoms with Crippen LogP contribution in [0.2, 0.25) is 0 Å². The first-order valence-electron chi connectivity index (χ1n) is 6.74. The maximum absolute atomic E-state index is 11.5. The van der Waals surface area contributed by atoms with Gasteiger partial charge in [0.15, 0.2) is 0 Å². The van der Waals surface area contributed by atoms with E-state index in [-0.39, 0.29) is 6.17 Å². The summed E-state index contributed by atoms with van der Waals surface area (Å²) < 4.78 is 0. The summed E-state index contributed by atoms with van der Waals surface area (Å²) in [5.41, 5.74) is 9.13. The first kappa shape index (κ1) is 11.8. The lowest BCUT2D eigenvalue weighted by Gasteiger charge is -2.25. The summed E-state index contributed by atoms with van der Waals surface area (Å²) in [5.74, 6) is -0.407. The number of para-hydroxylation sites is 1. The first-order chi connectivity index (χ1) is 10.2. The van der Waals surface area contributed by atoms with E-state index in [2.05, 4.69) is 16.4 Å². The SMILES string of the molecule is NC(=O)C1=CC=CN2C=C(c3c[nH]c4ccccc34)NC12.